The summed E-state index contributed by atoms with van der Waals surface area (Å²) in [4.78, 5) is 37.5. The number of aromatic carboxylic acids is 1. The maximum absolute atomic E-state index is 12.7. The Kier molecular flexibility index (Phi) is 6.58. The van der Waals surface area contributed by atoms with Crippen LogP contribution in [0, 0.1) is 0 Å². The molecule has 0 aliphatic rings. The number of aromatic amines is 1. The molecule has 1 unspecified atom stereocenters. The third-order valence-electron chi connectivity index (χ3n) is 4.98. The highest BCUT2D eigenvalue weighted by Crippen LogP contribution is 2.29. The monoisotopic (exact) mass is 425 g/mol. The average molecular weight is 425 g/mol. The van der Waals surface area contributed by atoms with Crippen molar-refractivity contribution in [3.05, 3.63) is 41.7 Å². The molecular formula is C21H27N7O3. The van der Waals surface area contributed by atoms with Crippen molar-refractivity contribution in [2.75, 3.05) is 35.6 Å². The minimum Gasteiger partial charge on any atom is -0.478 e. The van der Waals surface area contributed by atoms with Gasteiger partial charge in [0, 0.05) is 31.9 Å². The first-order valence-electron chi connectivity index (χ1n) is 10.1. The fourth-order valence-corrected chi connectivity index (χ4v) is 3.45. The van der Waals surface area contributed by atoms with Gasteiger partial charge in [-0.15, -0.1) is 0 Å². The molecule has 0 aliphatic carbocycles. The van der Waals surface area contributed by atoms with Crippen LogP contribution in [-0.2, 0) is 0 Å². The van der Waals surface area contributed by atoms with Gasteiger partial charge in [-0.2, -0.15) is 0 Å². The number of carboxylic acids is 1. The maximum Gasteiger partial charge on any atom is 0.335 e. The number of carboxylic acid groups (broad SMARTS) is 1. The molecule has 1 amide bonds. The molecular weight excluding hydrogens is 398 g/mol. The molecule has 3 rings (SSSR count). The van der Waals surface area contributed by atoms with Crippen LogP contribution >= 0.6 is 0 Å². The highest BCUT2D eigenvalue weighted by atomic mass is 16.4. The number of fused-ring (bicyclic) bond motifs is 1. The van der Waals surface area contributed by atoms with Crippen molar-refractivity contribution in [2.24, 2.45) is 0 Å². The molecule has 1 atom stereocenters. The van der Waals surface area contributed by atoms with Crippen LogP contribution in [0.1, 0.15) is 41.6 Å². The summed E-state index contributed by atoms with van der Waals surface area (Å²) in [5.41, 5.74) is 8.85. The molecule has 10 nitrogen and oxygen atoms in total. The van der Waals surface area contributed by atoms with E-state index in [2.05, 4.69) is 25.6 Å². The summed E-state index contributed by atoms with van der Waals surface area (Å²) in [7, 11) is 0. The van der Waals surface area contributed by atoms with Crippen LogP contribution < -0.4 is 21.3 Å². The molecule has 0 saturated carbocycles. The molecule has 164 valence electrons. The van der Waals surface area contributed by atoms with Crippen LogP contribution in [0.2, 0.25) is 0 Å². The Morgan fingerprint density at radius 1 is 1.26 bits per heavy atom. The van der Waals surface area contributed by atoms with E-state index >= 15 is 0 Å². The van der Waals surface area contributed by atoms with Gasteiger partial charge in [0.1, 0.15) is 5.52 Å². The van der Waals surface area contributed by atoms with Gasteiger partial charge in [-0.25, -0.2) is 14.8 Å². The van der Waals surface area contributed by atoms with E-state index in [1.165, 1.54) is 0 Å². The molecule has 0 bridgehead atoms. The van der Waals surface area contributed by atoms with E-state index in [4.69, 9.17) is 5.73 Å². The number of nitrogens with two attached hydrogens (primary N) is 1. The molecule has 0 aliphatic heterocycles. The molecule has 2 heterocycles. The Morgan fingerprint density at radius 3 is 2.71 bits per heavy atom. The van der Waals surface area contributed by atoms with Crippen molar-refractivity contribution < 1.29 is 14.7 Å². The van der Waals surface area contributed by atoms with Crippen LogP contribution in [0.4, 0.5) is 17.2 Å². The van der Waals surface area contributed by atoms with Gasteiger partial charge in [-0.3, -0.25) is 4.79 Å². The van der Waals surface area contributed by atoms with E-state index in [1.54, 1.807) is 30.5 Å². The van der Waals surface area contributed by atoms with E-state index in [9.17, 15) is 14.7 Å². The van der Waals surface area contributed by atoms with Crippen molar-refractivity contribution in [1.29, 1.82) is 0 Å². The van der Waals surface area contributed by atoms with Crippen LogP contribution in [0.5, 0.6) is 0 Å². The number of nitrogen functional groups attached to an aromatic ring is 1. The Bertz CT molecular complexity index is 1100. The van der Waals surface area contributed by atoms with Crippen LogP contribution in [0.3, 0.4) is 0 Å². The Morgan fingerprint density at radius 2 is 2.03 bits per heavy atom. The van der Waals surface area contributed by atoms with Gasteiger partial charge in [0.2, 0.25) is 0 Å². The first kappa shape index (κ1) is 21.9. The normalized spacial score (nSPS) is 11.8. The number of rotatable bonds is 9. The topological polar surface area (TPSA) is 149 Å². The number of hydrogen-bond donors (Lipinski definition) is 5. The molecule has 6 N–H and O–H groups in total. The van der Waals surface area contributed by atoms with E-state index < -0.39 is 11.9 Å². The lowest BCUT2D eigenvalue weighted by Gasteiger charge is -2.32. The number of nitrogens with one attached hydrogen (secondary N) is 3. The quantitative estimate of drug-likeness (QED) is 0.351. The molecule has 10 heteroatoms. The number of nitrogens with zero attached hydrogens (tertiary/aromatic N) is 3. The molecule has 0 fully saturated rings. The molecule has 31 heavy (non-hydrogen) atoms. The molecule has 0 spiro atoms. The second-order valence-electron chi connectivity index (χ2n) is 7.08. The largest absolute Gasteiger partial charge is 0.478 e. The predicted octanol–water partition coefficient (Wildman–Crippen LogP) is 2.31. The lowest BCUT2D eigenvalue weighted by Crippen LogP contribution is -2.43. The van der Waals surface area contributed by atoms with E-state index in [0.29, 0.717) is 30.8 Å². The zero-order valence-electron chi connectivity index (χ0n) is 17.8. The van der Waals surface area contributed by atoms with Crippen molar-refractivity contribution in [1.82, 2.24) is 20.3 Å². The van der Waals surface area contributed by atoms with Crippen LogP contribution in [0.25, 0.3) is 11.2 Å². The zero-order valence-corrected chi connectivity index (χ0v) is 17.8. The van der Waals surface area contributed by atoms with Gasteiger partial charge < -0.3 is 31.4 Å². The summed E-state index contributed by atoms with van der Waals surface area (Å²) in [6.07, 6.45) is 1.68. The van der Waals surface area contributed by atoms with E-state index in [-0.39, 0.29) is 23.1 Å². The van der Waals surface area contributed by atoms with Gasteiger partial charge in [0.05, 0.1) is 16.9 Å². The van der Waals surface area contributed by atoms with Crippen molar-refractivity contribution in [3.8, 4) is 0 Å². The number of H-pyrrole nitrogens is 1. The van der Waals surface area contributed by atoms with Gasteiger partial charge in [0.25, 0.3) is 5.91 Å². The highest BCUT2D eigenvalue weighted by Gasteiger charge is 2.21. The second kappa shape index (κ2) is 9.33. The number of carbonyl (C=O) groups excluding carboxylic acids is 1. The van der Waals surface area contributed by atoms with E-state index in [1.807, 2.05) is 25.7 Å². The predicted molar refractivity (Wildman–Crippen MR) is 121 cm³/mol. The van der Waals surface area contributed by atoms with Crippen molar-refractivity contribution in [2.45, 2.75) is 26.8 Å². The minimum atomic E-state index is -0.990. The van der Waals surface area contributed by atoms with Gasteiger partial charge in [-0.05, 0) is 45.0 Å². The third kappa shape index (κ3) is 4.68. The standard InChI is InChI=1S/C21H27N7O3/c1-4-23-14-7-6-13(21(30)31)10-16(14)28(5-2)12(3)11-25-20(29)17-18(22)27-19-15(26-17)8-9-24-19/h6-10,12,23H,4-5,11H2,1-3H3,(H,25,29)(H,30,31)(H3,22,24,27). The summed E-state index contributed by atoms with van der Waals surface area (Å²) >= 11 is 0. The Balaban J connectivity index is 1.78. The second-order valence-corrected chi connectivity index (χ2v) is 7.08. The van der Waals surface area contributed by atoms with E-state index in [0.717, 1.165) is 11.4 Å². The summed E-state index contributed by atoms with van der Waals surface area (Å²) in [6, 6.07) is 6.57. The van der Waals surface area contributed by atoms with Crippen LogP contribution in [0.15, 0.2) is 30.5 Å². The van der Waals surface area contributed by atoms with Gasteiger partial charge >= 0.3 is 5.97 Å². The SMILES string of the molecule is CCNc1ccc(C(=O)O)cc1N(CC)C(C)CNC(=O)c1nc2cc[nH]c2nc1N. The average Bonchev–Trinajstić information content (AvgIpc) is 3.20. The first-order chi connectivity index (χ1) is 14.8. The number of likely N-dealkylation sites (N-methyl/N-ethyl adjacent to an activating group) is 1. The molecule has 3 aromatic rings. The van der Waals surface area contributed by atoms with Gasteiger partial charge in [-0.1, -0.05) is 0 Å². The molecule has 0 radical (unpaired) electrons. The number of carbonyl (C=O) groups is 2. The Hall–Kier alpha value is -3.82. The molecule has 1 aromatic carbocycles. The van der Waals surface area contributed by atoms with Gasteiger partial charge in [0.15, 0.2) is 17.2 Å². The zero-order chi connectivity index (χ0) is 22.5. The lowest BCUT2D eigenvalue weighted by molar-refractivity contribution is 0.0696. The first-order valence-corrected chi connectivity index (χ1v) is 10.1. The summed E-state index contributed by atoms with van der Waals surface area (Å²) in [6.45, 7) is 7.53. The summed E-state index contributed by atoms with van der Waals surface area (Å²) in [5, 5.41) is 15.5. The molecule has 0 saturated heterocycles. The smallest absolute Gasteiger partial charge is 0.335 e. The lowest BCUT2D eigenvalue weighted by atomic mass is 10.1. The van der Waals surface area contributed by atoms with Crippen molar-refractivity contribution in [3.63, 3.8) is 0 Å². The fourth-order valence-electron chi connectivity index (χ4n) is 3.45. The maximum atomic E-state index is 12.7. The summed E-state index contributed by atoms with van der Waals surface area (Å²) < 4.78 is 0. The number of aromatic nitrogens is 3. The number of hydrogen-bond acceptors (Lipinski definition) is 7. The number of anilines is 3. The minimum absolute atomic E-state index is 0.0519. The van der Waals surface area contributed by atoms with Crippen LogP contribution in [-0.4, -0.2) is 57.6 Å². The summed E-state index contributed by atoms with van der Waals surface area (Å²) in [5.74, 6) is -1.35. The fraction of sp³-hybridized carbons (Fsp3) is 0.333. The third-order valence-corrected chi connectivity index (χ3v) is 4.98. The Labute approximate surface area is 179 Å². The molecule has 2 aromatic heterocycles. The highest BCUT2D eigenvalue weighted by molar-refractivity contribution is 5.98. The number of amides is 1. The van der Waals surface area contributed by atoms with Crippen molar-refractivity contribution >= 4 is 40.2 Å². The number of benzene rings is 1.